The van der Waals surface area contributed by atoms with Gasteiger partial charge in [-0.1, -0.05) is 98.8 Å². The molecular weight excluding hydrogens is 340 g/mol. The molecule has 0 spiro atoms. The van der Waals surface area contributed by atoms with Crippen LogP contribution in [0, 0.1) is 0 Å². The van der Waals surface area contributed by atoms with Crippen LogP contribution in [0.5, 0.6) is 0 Å². The first-order valence-corrected chi connectivity index (χ1v) is 9.82. The van der Waals surface area contributed by atoms with Gasteiger partial charge in [-0.05, 0) is 34.2 Å². The number of rotatable bonds is 3. The molecule has 0 N–H and O–H groups in total. The topological polar surface area (TPSA) is 13.1 Å². The van der Waals surface area contributed by atoms with Crippen LogP contribution >= 0.6 is 0 Å². The van der Waals surface area contributed by atoms with Crippen LogP contribution in [0.1, 0.15) is 25.3 Å². The Morgan fingerprint density at radius 3 is 1.89 bits per heavy atom. The highest BCUT2D eigenvalue weighted by Gasteiger charge is 2.11. The van der Waals surface area contributed by atoms with Crippen molar-refractivity contribution in [2.75, 3.05) is 0 Å². The molecule has 28 heavy (non-hydrogen) atoms. The summed E-state index contributed by atoms with van der Waals surface area (Å²) in [5.74, 6) is 0.556. The maximum absolute atomic E-state index is 6.19. The van der Waals surface area contributed by atoms with Crippen LogP contribution in [-0.2, 0) is 0 Å². The molecule has 5 rings (SSSR count). The van der Waals surface area contributed by atoms with Crippen molar-refractivity contribution in [3.8, 4) is 22.3 Å². The molecule has 0 amide bonds. The summed E-state index contributed by atoms with van der Waals surface area (Å²) in [4.78, 5) is 0. The second-order valence-electron chi connectivity index (χ2n) is 7.63. The van der Waals surface area contributed by atoms with Crippen LogP contribution in [-0.4, -0.2) is 0 Å². The Morgan fingerprint density at radius 2 is 1.18 bits per heavy atom. The van der Waals surface area contributed by atoms with Gasteiger partial charge in [0, 0.05) is 16.3 Å². The van der Waals surface area contributed by atoms with Gasteiger partial charge < -0.3 is 4.42 Å². The molecule has 0 aliphatic heterocycles. The Bertz CT molecular complexity index is 1260. The summed E-state index contributed by atoms with van der Waals surface area (Å²) >= 11 is 0. The van der Waals surface area contributed by atoms with Gasteiger partial charge in [0.05, 0.1) is 0 Å². The number of hydrogen-bond donors (Lipinski definition) is 0. The van der Waals surface area contributed by atoms with Crippen molar-refractivity contribution >= 4 is 21.9 Å². The van der Waals surface area contributed by atoms with Crippen molar-refractivity contribution in [2.45, 2.75) is 19.8 Å². The second kappa shape index (κ2) is 6.69. The van der Waals surface area contributed by atoms with Gasteiger partial charge in [0.1, 0.15) is 11.2 Å². The van der Waals surface area contributed by atoms with E-state index < -0.39 is 0 Å². The molecule has 1 aromatic heterocycles. The van der Waals surface area contributed by atoms with Gasteiger partial charge in [0.2, 0.25) is 0 Å². The zero-order chi connectivity index (χ0) is 19.1. The van der Waals surface area contributed by atoms with E-state index in [2.05, 4.69) is 92.7 Å². The number of hydrogen-bond acceptors (Lipinski definition) is 1. The maximum atomic E-state index is 6.19. The van der Waals surface area contributed by atoms with Crippen molar-refractivity contribution in [3.63, 3.8) is 0 Å². The number of fused-ring (bicyclic) bond motifs is 3. The highest BCUT2D eigenvalue weighted by atomic mass is 16.3. The maximum Gasteiger partial charge on any atom is 0.143 e. The summed E-state index contributed by atoms with van der Waals surface area (Å²) in [6.45, 7) is 4.45. The third-order valence-electron chi connectivity index (χ3n) is 5.51. The molecule has 0 bridgehead atoms. The molecule has 0 unspecified atom stereocenters. The average molecular weight is 362 g/mol. The van der Waals surface area contributed by atoms with Crippen molar-refractivity contribution in [3.05, 3.63) is 96.6 Å². The summed E-state index contributed by atoms with van der Waals surface area (Å²) in [5.41, 5.74) is 8.05. The highest BCUT2D eigenvalue weighted by molar-refractivity contribution is 6.09. The van der Waals surface area contributed by atoms with Gasteiger partial charge in [0.15, 0.2) is 0 Å². The third-order valence-corrected chi connectivity index (χ3v) is 5.51. The minimum absolute atomic E-state index is 0.556. The fourth-order valence-electron chi connectivity index (χ4n) is 3.88. The van der Waals surface area contributed by atoms with E-state index in [0.29, 0.717) is 5.92 Å². The highest BCUT2D eigenvalue weighted by Crippen LogP contribution is 2.36. The van der Waals surface area contributed by atoms with Crippen LogP contribution < -0.4 is 0 Å². The molecule has 0 aliphatic carbocycles. The zero-order valence-electron chi connectivity index (χ0n) is 16.1. The first-order chi connectivity index (χ1) is 13.7. The summed E-state index contributed by atoms with van der Waals surface area (Å²) in [6, 6.07) is 32.3. The quantitative estimate of drug-likeness (QED) is 0.316. The van der Waals surface area contributed by atoms with Gasteiger partial charge in [-0.25, -0.2) is 0 Å². The first-order valence-electron chi connectivity index (χ1n) is 9.82. The largest absolute Gasteiger partial charge is 0.455 e. The van der Waals surface area contributed by atoms with Crippen LogP contribution in [0.15, 0.2) is 95.4 Å². The Kier molecular flexibility index (Phi) is 4.02. The van der Waals surface area contributed by atoms with E-state index >= 15 is 0 Å². The summed E-state index contributed by atoms with van der Waals surface area (Å²) in [5, 5.41) is 2.34. The summed E-state index contributed by atoms with van der Waals surface area (Å²) in [6.07, 6.45) is 0. The van der Waals surface area contributed by atoms with Crippen molar-refractivity contribution in [2.24, 2.45) is 0 Å². The molecule has 136 valence electrons. The van der Waals surface area contributed by atoms with Crippen LogP contribution in [0.2, 0.25) is 0 Å². The molecule has 0 saturated heterocycles. The lowest BCUT2D eigenvalue weighted by Gasteiger charge is -2.08. The van der Waals surface area contributed by atoms with E-state index in [9.17, 15) is 0 Å². The third kappa shape index (κ3) is 2.80. The second-order valence-corrected chi connectivity index (χ2v) is 7.63. The van der Waals surface area contributed by atoms with Crippen LogP contribution in [0.4, 0.5) is 0 Å². The minimum atomic E-state index is 0.556. The molecule has 1 heteroatoms. The molecule has 0 radical (unpaired) electrons. The Hall–Kier alpha value is -3.32. The average Bonchev–Trinajstić information content (AvgIpc) is 3.13. The molecule has 0 saturated carbocycles. The monoisotopic (exact) mass is 362 g/mol. The lowest BCUT2D eigenvalue weighted by Crippen LogP contribution is -1.87. The summed E-state index contributed by atoms with van der Waals surface area (Å²) < 4.78 is 6.19. The fourth-order valence-corrected chi connectivity index (χ4v) is 3.88. The van der Waals surface area contributed by atoms with E-state index in [4.69, 9.17) is 4.42 Å². The van der Waals surface area contributed by atoms with E-state index in [1.54, 1.807) is 0 Å². The van der Waals surface area contributed by atoms with Crippen LogP contribution in [0.25, 0.3) is 44.2 Å². The van der Waals surface area contributed by atoms with E-state index in [1.807, 2.05) is 12.1 Å². The molecule has 1 nitrogen and oxygen atoms in total. The van der Waals surface area contributed by atoms with Crippen LogP contribution in [0.3, 0.4) is 0 Å². The molecule has 0 fully saturated rings. The SMILES string of the molecule is CC(C)c1ccc(-c2ccc(-c3cccc4c3oc3ccccc34)cc2)cc1. The molecule has 0 aliphatic rings. The number of benzene rings is 4. The smallest absolute Gasteiger partial charge is 0.143 e. The van der Waals surface area contributed by atoms with Crippen molar-refractivity contribution < 1.29 is 4.42 Å². The van der Waals surface area contributed by atoms with E-state index in [-0.39, 0.29) is 0 Å². The fraction of sp³-hybridized carbons (Fsp3) is 0.111. The molecule has 5 aromatic rings. The van der Waals surface area contributed by atoms with Crippen molar-refractivity contribution in [1.82, 2.24) is 0 Å². The van der Waals surface area contributed by atoms with E-state index in [1.165, 1.54) is 33.0 Å². The molecule has 4 aromatic carbocycles. The summed E-state index contributed by atoms with van der Waals surface area (Å²) in [7, 11) is 0. The molecule has 1 heterocycles. The molecule has 0 atom stereocenters. The lowest BCUT2D eigenvalue weighted by atomic mass is 9.96. The van der Waals surface area contributed by atoms with Gasteiger partial charge >= 0.3 is 0 Å². The predicted molar refractivity (Wildman–Crippen MR) is 119 cm³/mol. The number of para-hydroxylation sites is 2. The van der Waals surface area contributed by atoms with Gasteiger partial charge in [0.25, 0.3) is 0 Å². The normalized spacial score (nSPS) is 11.5. The zero-order valence-corrected chi connectivity index (χ0v) is 16.1. The molecular formula is C27H22O. The number of furan rings is 1. The van der Waals surface area contributed by atoms with Gasteiger partial charge in [-0.3, -0.25) is 0 Å². The lowest BCUT2D eigenvalue weighted by molar-refractivity contribution is 0.670. The Labute approximate surface area is 165 Å². The first kappa shape index (κ1) is 16.8. The Morgan fingerprint density at radius 1 is 0.571 bits per heavy atom. The van der Waals surface area contributed by atoms with E-state index in [0.717, 1.165) is 16.7 Å². The van der Waals surface area contributed by atoms with Crippen molar-refractivity contribution in [1.29, 1.82) is 0 Å². The standard InChI is InChI=1S/C27H22O/c1-18(2)19-10-12-20(13-11-19)21-14-16-22(17-15-21)23-7-5-8-25-24-6-3-4-9-26(24)28-27(23)25/h3-18H,1-2H3. The Balaban J connectivity index is 1.55. The predicted octanol–water partition coefficient (Wildman–Crippen LogP) is 8.04. The van der Waals surface area contributed by atoms with Gasteiger partial charge in [-0.15, -0.1) is 0 Å². The minimum Gasteiger partial charge on any atom is -0.455 e. The van der Waals surface area contributed by atoms with Gasteiger partial charge in [-0.2, -0.15) is 0 Å².